The van der Waals surface area contributed by atoms with E-state index in [4.69, 9.17) is 9.84 Å². The number of carboxylic acid groups (broad SMARTS) is 1. The van der Waals surface area contributed by atoms with Crippen molar-refractivity contribution in [3.05, 3.63) is 95.2 Å². The minimum absolute atomic E-state index is 0.142. The van der Waals surface area contributed by atoms with Gasteiger partial charge in [-0.25, -0.2) is 0 Å². The number of fused-ring (bicyclic) bond motifs is 1. The van der Waals surface area contributed by atoms with Crippen LogP contribution in [0.5, 0.6) is 5.75 Å². The van der Waals surface area contributed by atoms with Gasteiger partial charge in [0.05, 0.1) is 0 Å². The number of allylic oxidation sites excluding steroid dienone is 4. The summed E-state index contributed by atoms with van der Waals surface area (Å²) < 4.78 is 6.11. The third-order valence-corrected chi connectivity index (χ3v) is 6.03. The van der Waals surface area contributed by atoms with Crippen LogP contribution in [0.1, 0.15) is 54.9 Å². The van der Waals surface area contributed by atoms with E-state index in [0.717, 1.165) is 41.8 Å². The van der Waals surface area contributed by atoms with Crippen LogP contribution >= 0.6 is 0 Å². The highest BCUT2D eigenvalue weighted by molar-refractivity contribution is 5.67. The molecule has 1 N–H and O–H groups in total. The van der Waals surface area contributed by atoms with E-state index in [-0.39, 0.29) is 6.42 Å². The van der Waals surface area contributed by atoms with Crippen LogP contribution < -0.4 is 9.64 Å². The number of carboxylic acids is 1. The molecule has 2 aromatic rings. The van der Waals surface area contributed by atoms with Crippen molar-refractivity contribution in [2.24, 2.45) is 0 Å². The smallest absolute Gasteiger partial charge is 0.303 e. The number of aryl methyl sites for hydroxylation is 3. The number of carbonyl (C=O) groups is 1. The average Bonchev–Trinajstić information content (AvgIpc) is 3.02. The second-order valence-electron chi connectivity index (χ2n) is 8.52. The summed E-state index contributed by atoms with van der Waals surface area (Å²) in [5.74, 6) is 0.0301. The molecule has 0 aromatic heterocycles. The van der Waals surface area contributed by atoms with E-state index >= 15 is 0 Å². The van der Waals surface area contributed by atoms with Crippen LogP contribution in [0.15, 0.2) is 73.0 Å². The quantitative estimate of drug-likeness (QED) is 0.324. The molecule has 0 spiro atoms. The fourth-order valence-corrected chi connectivity index (χ4v) is 4.24. The molecule has 0 saturated heterocycles. The predicted molar refractivity (Wildman–Crippen MR) is 136 cm³/mol. The van der Waals surface area contributed by atoms with Crippen molar-refractivity contribution in [1.29, 1.82) is 0 Å². The molecule has 1 aliphatic rings. The normalized spacial score (nSPS) is 14.1. The standard InChI is InChI=1S/C29H35NO3/c1-4-6-11-26(9-5-2)30-18-8-7-10-25-13-12-23(20-28(25)30)21-33-27-16-14-24(22(3)19-27)15-17-29(31)32/h4-6,11-14,16,19-20H,2,7-10,15,17-18,21H2,1,3H3,(H,31,32)/b6-4-,26-11+. The second kappa shape index (κ2) is 12.1. The summed E-state index contributed by atoms with van der Waals surface area (Å²) in [5.41, 5.74) is 7.16. The molecule has 1 heterocycles. The SMILES string of the molecule is C=CC/C(=C\C=C/C)N1CCCCc2ccc(COc3ccc(CCC(=O)O)c(C)c3)cc21. The third kappa shape index (κ3) is 6.85. The Morgan fingerprint density at radius 1 is 1.21 bits per heavy atom. The van der Waals surface area contributed by atoms with E-state index in [2.05, 4.69) is 47.9 Å². The molecule has 1 aliphatic heterocycles. The molecule has 0 atom stereocenters. The van der Waals surface area contributed by atoms with E-state index in [0.29, 0.717) is 13.0 Å². The van der Waals surface area contributed by atoms with Crippen LogP contribution in [-0.2, 0) is 24.2 Å². The molecule has 3 rings (SSSR count). The molecule has 4 heteroatoms. The molecule has 33 heavy (non-hydrogen) atoms. The van der Waals surface area contributed by atoms with Gasteiger partial charge in [-0.3, -0.25) is 4.79 Å². The summed E-state index contributed by atoms with van der Waals surface area (Å²) in [4.78, 5) is 13.3. The van der Waals surface area contributed by atoms with Gasteiger partial charge in [0.2, 0.25) is 0 Å². The van der Waals surface area contributed by atoms with E-state index in [1.165, 1.54) is 29.8 Å². The number of benzene rings is 2. The van der Waals surface area contributed by atoms with Crippen LogP contribution in [0.4, 0.5) is 5.69 Å². The highest BCUT2D eigenvalue weighted by atomic mass is 16.5. The number of hydrogen-bond donors (Lipinski definition) is 1. The monoisotopic (exact) mass is 445 g/mol. The number of anilines is 1. The fraction of sp³-hybridized carbons (Fsp3) is 0.345. The van der Waals surface area contributed by atoms with Crippen molar-refractivity contribution >= 4 is 11.7 Å². The van der Waals surface area contributed by atoms with Crippen LogP contribution in [-0.4, -0.2) is 17.6 Å². The minimum Gasteiger partial charge on any atom is -0.489 e. The zero-order valence-corrected chi connectivity index (χ0v) is 19.8. The topological polar surface area (TPSA) is 49.8 Å². The molecule has 2 aromatic carbocycles. The van der Waals surface area contributed by atoms with Gasteiger partial charge in [-0.05, 0) is 86.1 Å². The molecule has 174 valence electrons. The number of nitrogens with zero attached hydrogens (tertiary/aromatic N) is 1. The second-order valence-corrected chi connectivity index (χ2v) is 8.52. The maximum Gasteiger partial charge on any atom is 0.303 e. The first kappa shape index (κ1) is 24.4. The van der Waals surface area contributed by atoms with E-state index in [1.54, 1.807) is 0 Å². The van der Waals surface area contributed by atoms with Crippen LogP contribution in [0, 0.1) is 6.92 Å². The van der Waals surface area contributed by atoms with Crippen molar-refractivity contribution in [2.45, 2.75) is 59.0 Å². The minimum atomic E-state index is -0.774. The molecule has 0 radical (unpaired) electrons. The molecule has 0 bridgehead atoms. The zero-order valence-electron chi connectivity index (χ0n) is 19.8. The maximum atomic E-state index is 10.8. The van der Waals surface area contributed by atoms with Crippen molar-refractivity contribution < 1.29 is 14.6 Å². The summed E-state index contributed by atoms with van der Waals surface area (Å²) in [6, 6.07) is 12.6. The summed E-state index contributed by atoms with van der Waals surface area (Å²) in [6.07, 6.45) is 13.3. The van der Waals surface area contributed by atoms with E-state index in [1.807, 2.05) is 38.1 Å². The maximum absolute atomic E-state index is 10.8. The van der Waals surface area contributed by atoms with Crippen molar-refractivity contribution in [1.82, 2.24) is 0 Å². The van der Waals surface area contributed by atoms with Gasteiger partial charge in [0.15, 0.2) is 0 Å². The first-order valence-electron chi connectivity index (χ1n) is 11.8. The Labute approximate surface area is 197 Å². The Bertz CT molecular complexity index is 1040. The van der Waals surface area contributed by atoms with Crippen LogP contribution in [0.25, 0.3) is 0 Å². The first-order chi connectivity index (χ1) is 16.0. The highest BCUT2D eigenvalue weighted by Crippen LogP contribution is 2.32. The lowest BCUT2D eigenvalue weighted by Gasteiger charge is -2.28. The third-order valence-electron chi connectivity index (χ3n) is 6.03. The molecule has 0 amide bonds. The average molecular weight is 446 g/mol. The summed E-state index contributed by atoms with van der Waals surface area (Å²) in [7, 11) is 0. The van der Waals surface area contributed by atoms with Gasteiger partial charge in [-0.1, -0.05) is 36.4 Å². The lowest BCUT2D eigenvalue weighted by molar-refractivity contribution is -0.136. The predicted octanol–water partition coefficient (Wildman–Crippen LogP) is 6.77. The van der Waals surface area contributed by atoms with Gasteiger partial charge < -0.3 is 14.7 Å². The number of ether oxygens (including phenoxy) is 1. The fourth-order valence-electron chi connectivity index (χ4n) is 4.24. The Hall–Kier alpha value is -3.27. The molecule has 0 aliphatic carbocycles. The first-order valence-corrected chi connectivity index (χ1v) is 11.8. The Balaban J connectivity index is 1.78. The van der Waals surface area contributed by atoms with E-state index in [9.17, 15) is 4.79 Å². The van der Waals surface area contributed by atoms with Crippen LogP contribution in [0.3, 0.4) is 0 Å². The highest BCUT2D eigenvalue weighted by Gasteiger charge is 2.18. The molecule has 0 fully saturated rings. The lowest BCUT2D eigenvalue weighted by Crippen LogP contribution is -2.23. The van der Waals surface area contributed by atoms with Crippen molar-refractivity contribution in [3.63, 3.8) is 0 Å². The Morgan fingerprint density at radius 2 is 2.06 bits per heavy atom. The Kier molecular flexibility index (Phi) is 8.94. The van der Waals surface area contributed by atoms with Gasteiger partial charge in [-0.2, -0.15) is 0 Å². The van der Waals surface area contributed by atoms with Gasteiger partial charge >= 0.3 is 5.97 Å². The van der Waals surface area contributed by atoms with Crippen LogP contribution in [0.2, 0.25) is 0 Å². The summed E-state index contributed by atoms with van der Waals surface area (Å²) >= 11 is 0. The Morgan fingerprint density at radius 3 is 2.79 bits per heavy atom. The van der Waals surface area contributed by atoms with Gasteiger partial charge in [0, 0.05) is 30.8 Å². The van der Waals surface area contributed by atoms with Crippen molar-refractivity contribution in [3.8, 4) is 5.75 Å². The zero-order chi connectivity index (χ0) is 23.6. The lowest BCUT2D eigenvalue weighted by atomic mass is 10.0. The summed E-state index contributed by atoms with van der Waals surface area (Å²) in [6.45, 7) is 9.49. The number of aliphatic carboxylic acids is 1. The van der Waals surface area contributed by atoms with Crippen molar-refractivity contribution in [2.75, 3.05) is 11.4 Å². The van der Waals surface area contributed by atoms with Gasteiger partial charge in [0.25, 0.3) is 0 Å². The molecular formula is C29H35NO3. The molecule has 4 nitrogen and oxygen atoms in total. The number of rotatable bonds is 10. The molecular weight excluding hydrogens is 410 g/mol. The van der Waals surface area contributed by atoms with E-state index < -0.39 is 5.97 Å². The van der Waals surface area contributed by atoms with Gasteiger partial charge in [-0.15, -0.1) is 6.58 Å². The molecule has 0 unspecified atom stereocenters. The van der Waals surface area contributed by atoms with Gasteiger partial charge in [0.1, 0.15) is 12.4 Å². The summed E-state index contributed by atoms with van der Waals surface area (Å²) in [5, 5.41) is 8.92. The largest absolute Gasteiger partial charge is 0.489 e. The molecule has 0 saturated carbocycles. The number of hydrogen-bond acceptors (Lipinski definition) is 3.